The van der Waals surface area contributed by atoms with Crippen molar-refractivity contribution in [3.8, 4) is 0 Å². The molecule has 1 nitrogen and oxygen atoms in total. The van der Waals surface area contributed by atoms with Crippen molar-refractivity contribution < 1.29 is 0 Å². The van der Waals surface area contributed by atoms with Crippen LogP contribution in [-0.4, -0.2) is 4.98 Å². The Morgan fingerprint density at radius 3 is 1.37 bits per heavy atom. The lowest BCUT2D eigenvalue weighted by Gasteiger charge is -1.99. The summed E-state index contributed by atoms with van der Waals surface area (Å²) in [5, 5.41) is 2.34. The van der Waals surface area contributed by atoms with E-state index in [1.54, 1.807) is 23.5 Å². The quantitative estimate of drug-likeness (QED) is 0.697. The SMILES string of the molecule is c1ccc(Sc2ccc(Sc3ccccc3)[nH]2)cc1. The molecule has 3 heteroatoms. The van der Waals surface area contributed by atoms with Crippen molar-refractivity contribution in [1.29, 1.82) is 0 Å². The van der Waals surface area contributed by atoms with Gasteiger partial charge >= 0.3 is 0 Å². The fourth-order valence-corrected chi connectivity index (χ4v) is 3.46. The molecule has 0 saturated heterocycles. The maximum absolute atomic E-state index is 3.44. The maximum Gasteiger partial charge on any atom is 0.0778 e. The summed E-state index contributed by atoms with van der Waals surface area (Å²) in [5.74, 6) is 0. The molecule has 0 aliphatic heterocycles. The minimum atomic E-state index is 1.17. The van der Waals surface area contributed by atoms with E-state index >= 15 is 0 Å². The molecule has 0 saturated carbocycles. The van der Waals surface area contributed by atoms with Gasteiger partial charge in [-0.3, -0.25) is 0 Å². The molecule has 3 aromatic rings. The lowest BCUT2D eigenvalue weighted by molar-refractivity contribution is 1.08. The highest BCUT2D eigenvalue weighted by Gasteiger charge is 2.02. The molecule has 3 rings (SSSR count). The van der Waals surface area contributed by atoms with Gasteiger partial charge in [-0.25, -0.2) is 0 Å². The molecular formula is C16H13NS2. The van der Waals surface area contributed by atoms with Crippen molar-refractivity contribution in [3.63, 3.8) is 0 Å². The average molecular weight is 283 g/mol. The Balaban J connectivity index is 1.70. The number of aromatic nitrogens is 1. The second-order valence-corrected chi connectivity index (χ2v) is 6.25. The van der Waals surface area contributed by atoms with E-state index in [0.29, 0.717) is 0 Å². The zero-order chi connectivity index (χ0) is 12.9. The Labute approximate surface area is 121 Å². The van der Waals surface area contributed by atoms with E-state index in [0.717, 1.165) is 0 Å². The molecule has 19 heavy (non-hydrogen) atoms. The zero-order valence-electron chi connectivity index (χ0n) is 10.2. The smallest absolute Gasteiger partial charge is 0.0778 e. The largest absolute Gasteiger partial charge is 0.344 e. The first-order valence-corrected chi connectivity index (χ1v) is 7.68. The Morgan fingerprint density at radius 2 is 0.947 bits per heavy atom. The first kappa shape index (κ1) is 12.5. The number of aromatic amines is 1. The Kier molecular flexibility index (Phi) is 3.96. The molecule has 0 spiro atoms. The van der Waals surface area contributed by atoms with Crippen molar-refractivity contribution >= 4 is 23.5 Å². The molecule has 0 bridgehead atoms. The molecule has 94 valence electrons. The second-order valence-electron chi connectivity index (χ2n) is 4.02. The Hall–Kier alpha value is -1.58. The van der Waals surface area contributed by atoms with E-state index < -0.39 is 0 Å². The number of hydrogen-bond acceptors (Lipinski definition) is 2. The van der Waals surface area contributed by atoms with Crippen molar-refractivity contribution in [2.75, 3.05) is 0 Å². The van der Waals surface area contributed by atoms with Gasteiger partial charge in [0.1, 0.15) is 0 Å². The van der Waals surface area contributed by atoms with Gasteiger partial charge in [0.05, 0.1) is 10.1 Å². The molecular weight excluding hydrogens is 270 g/mol. The van der Waals surface area contributed by atoms with Crippen LogP contribution in [0.15, 0.2) is 92.6 Å². The molecule has 0 atom stereocenters. The third kappa shape index (κ3) is 3.46. The topological polar surface area (TPSA) is 15.8 Å². The minimum absolute atomic E-state index is 1.17. The number of benzene rings is 2. The van der Waals surface area contributed by atoms with Crippen LogP contribution in [0.4, 0.5) is 0 Å². The van der Waals surface area contributed by atoms with Crippen LogP contribution in [0.25, 0.3) is 0 Å². The van der Waals surface area contributed by atoms with E-state index in [9.17, 15) is 0 Å². The maximum atomic E-state index is 3.44. The summed E-state index contributed by atoms with van der Waals surface area (Å²) in [4.78, 5) is 5.94. The number of H-pyrrole nitrogens is 1. The van der Waals surface area contributed by atoms with Gasteiger partial charge in [-0.05, 0) is 36.4 Å². The van der Waals surface area contributed by atoms with Gasteiger partial charge in [0.15, 0.2) is 0 Å². The third-order valence-corrected chi connectivity index (χ3v) is 4.51. The van der Waals surface area contributed by atoms with Crippen LogP contribution in [0.2, 0.25) is 0 Å². The zero-order valence-corrected chi connectivity index (χ0v) is 11.9. The van der Waals surface area contributed by atoms with Crippen LogP contribution in [0.5, 0.6) is 0 Å². The molecule has 0 aliphatic rings. The molecule has 0 fully saturated rings. The number of nitrogens with one attached hydrogen (secondary N) is 1. The molecule has 1 heterocycles. The molecule has 0 radical (unpaired) electrons. The van der Waals surface area contributed by atoms with Crippen LogP contribution in [0, 0.1) is 0 Å². The molecule has 1 N–H and O–H groups in total. The van der Waals surface area contributed by atoms with Gasteiger partial charge < -0.3 is 4.98 Å². The lowest BCUT2D eigenvalue weighted by atomic mass is 10.4. The van der Waals surface area contributed by atoms with Crippen molar-refractivity contribution in [1.82, 2.24) is 4.98 Å². The van der Waals surface area contributed by atoms with Crippen LogP contribution < -0.4 is 0 Å². The molecule has 1 aromatic heterocycles. The molecule has 2 aromatic carbocycles. The van der Waals surface area contributed by atoms with Gasteiger partial charge in [-0.1, -0.05) is 59.9 Å². The van der Waals surface area contributed by atoms with Crippen molar-refractivity contribution in [2.45, 2.75) is 19.8 Å². The van der Waals surface area contributed by atoms with Gasteiger partial charge in [0, 0.05) is 9.79 Å². The monoisotopic (exact) mass is 283 g/mol. The van der Waals surface area contributed by atoms with Crippen LogP contribution in [0.3, 0.4) is 0 Å². The first-order chi connectivity index (χ1) is 9.40. The summed E-state index contributed by atoms with van der Waals surface area (Å²) in [7, 11) is 0. The summed E-state index contributed by atoms with van der Waals surface area (Å²) in [6.07, 6.45) is 0. The van der Waals surface area contributed by atoms with E-state index in [1.807, 2.05) is 12.1 Å². The predicted molar refractivity (Wildman–Crippen MR) is 81.9 cm³/mol. The van der Waals surface area contributed by atoms with E-state index in [-0.39, 0.29) is 0 Å². The van der Waals surface area contributed by atoms with Gasteiger partial charge in [-0.15, -0.1) is 0 Å². The lowest BCUT2D eigenvalue weighted by Crippen LogP contribution is -1.74. The molecule has 0 aliphatic carbocycles. The van der Waals surface area contributed by atoms with E-state index in [1.165, 1.54) is 19.8 Å². The minimum Gasteiger partial charge on any atom is -0.344 e. The van der Waals surface area contributed by atoms with Gasteiger partial charge in [0.2, 0.25) is 0 Å². The summed E-state index contributed by atoms with van der Waals surface area (Å²) in [5.41, 5.74) is 0. The fraction of sp³-hybridized carbons (Fsp3) is 0. The first-order valence-electron chi connectivity index (χ1n) is 6.05. The summed E-state index contributed by atoms with van der Waals surface area (Å²) in [6.45, 7) is 0. The number of rotatable bonds is 4. The second kappa shape index (κ2) is 6.04. The van der Waals surface area contributed by atoms with Gasteiger partial charge in [-0.2, -0.15) is 0 Å². The molecule has 0 unspecified atom stereocenters. The standard InChI is InChI=1S/C16H13NS2/c1-3-7-13(8-4-1)18-15-11-12-16(17-15)19-14-9-5-2-6-10-14/h1-12,17H. The average Bonchev–Trinajstić information content (AvgIpc) is 2.88. The van der Waals surface area contributed by atoms with Gasteiger partial charge in [0.25, 0.3) is 0 Å². The number of hydrogen-bond donors (Lipinski definition) is 1. The Bertz CT molecular complexity index is 576. The van der Waals surface area contributed by atoms with Crippen LogP contribution in [0.1, 0.15) is 0 Å². The normalized spacial score (nSPS) is 10.5. The summed E-state index contributed by atoms with van der Waals surface area (Å²) in [6, 6.07) is 25.1. The van der Waals surface area contributed by atoms with Crippen molar-refractivity contribution in [3.05, 3.63) is 72.8 Å². The fourth-order valence-electron chi connectivity index (χ4n) is 1.71. The Morgan fingerprint density at radius 1 is 0.526 bits per heavy atom. The van der Waals surface area contributed by atoms with E-state index in [2.05, 4.69) is 65.6 Å². The summed E-state index contributed by atoms with van der Waals surface area (Å²) >= 11 is 3.50. The molecule has 0 amide bonds. The highest BCUT2D eigenvalue weighted by molar-refractivity contribution is 8.00. The van der Waals surface area contributed by atoms with Crippen molar-refractivity contribution in [2.24, 2.45) is 0 Å². The highest BCUT2D eigenvalue weighted by Crippen LogP contribution is 2.31. The highest BCUT2D eigenvalue weighted by atomic mass is 32.2. The van der Waals surface area contributed by atoms with Crippen LogP contribution in [-0.2, 0) is 0 Å². The predicted octanol–water partition coefficient (Wildman–Crippen LogP) is 5.32. The van der Waals surface area contributed by atoms with Crippen LogP contribution >= 0.6 is 23.5 Å². The summed E-state index contributed by atoms with van der Waals surface area (Å²) < 4.78 is 0. The van der Waals surface area contributed by atoms with E-state index in [4.69, 9.17) is 0 Å². The third-order valence-electron chi connectivity index (χ3n) is 2.57.